The van der Waals surface area contributed by atoms with Crippen LogP contribution in [-0.4, -0.2) is 30.6 Å². The number of hydrogen-bond donors (Lipinski definition) is 1. The average Bonchev–Trinajstić information content (AvgIpc) is 3.41. The Balaban J connectivity index is 1.51. The number of benzene rings is 1. The summed E-state index contributed by atoms with van der Waals surface area (Å²) in [6, 6.07) is 11.6. The molecule has 33 heavy (non-hydrogen) atoms. The molecule has 0 atom stereocenters. The molecular weight excluding hydrogens is 459 g/mol. The van der Waals surface area contributed by atoms with E-state index in [1.165, 1.54) is 21.4 Å². The third kappa shape index (κ3) is 4.43. The van der Waals surface area contributed by atoms with Gasteiger partial charge in [-0.1, -0.05) is 55.0 Å². The number of halogens is 1. The number of nitrogens with zero attached hydrogens (tertiary/aromatic N) is 3. The van der Waals surface area contributed by atoms with Gasteiger partial charge in [0.25, 0.3) is 11.5 Å². The molecule has 0 unspecified atom stereocenters. The summed E-state index contributed by atoms with van der Waals surface area (Å²) in [6.07, 6.45) is 7.59. The third-order valence-electron chi connectivity index (χ3n) is 5.87. The van der Waals surface area contributed by atoms with Crippen LogP contribution in [0.1, 0.15) is 36.8 Å². The van der Waals surface area contributed by atoms with Crippen molar-refractivity contribution < 1.29 is 9.18 Å². The summed E-state index contributed by atoms with van der Waals surface area (Å²) < 4.78 is 15.1. The van der Waals surface area contributed by atoms with Gasteiger partial charge in [0.15, 0.2) is 0 Å². The van der Waals surface area contributed by atoms with E-state index in [1.54, 1.807) is 36.5 Å². The second-order valence-electron chi connectivity index (χ2n) is 8.13. The molecule has 1 N–H and O–H groups in total. The number of rotatable bonds is 5. The van der Waals surface area contributed by atoms with Crippen molar-refractivity contribution in [3.63, 3.8) is 0 Å². The molecular formula is C24H21FN4O2S2. The highest BCUT2D eigenvalue weighted by Crippen LogP contribution is 2.34. The second kappa shape index (κ2) is 9.07. The lowest BCUT2D eigenvalue weighted by Crippen LogP contribution is -2.27. The maximum absolute atomic E-state index is 13.3. The Morgan fingerprint density at radius 1 is 1.15 bits per heavy atom. The molecule has 1 saturated heterocycles. The van der Waals surface area contributed by atoms with Crippen LogP contribution in [0.5, 0.6) is 0 Å². The molecule has 1 aromatic carbocycles. The molecule has 9 heteroatoms. The van der Waals surface area contributed by atoms with Crippen LogP contribution in [0.2, 0.25) is 0 Å². The molecule has 1 saturated carbocycles. The number of carbonyl (C=O) groups excluding carboxylic acids is 1. The summed E-state index contributed by atoms with van der Waals surface area (Å²) >= 11 is 6.59. The minimum absolute atomic E-state index is 0.240. The van der Waals surface area contributed by atoms with E-state index < -0.39 is 0 Å². The molecule has 2 aromatic heterocycles. The lowest BCUT2D eigenvalue weighted by Gasteiger charge is -2.16. The van der Waals surface area contributed by atoms with E-state index in [0.717, 1.165) is 43.0 Å². The van der Waals surface area contributed by atoms with Crippen LogP contribution in [-0.2, 0) is 11.3 Å². The zero-order valence-electron chi connectivity index (χ0n) is 17.7. The number of amides is 1. The predicted octanol–water partition coefficient (Wildman–Crippen LogP) is 4.59. The highest BCUT2D eigenvalue weighted by Gasteiger charge is 2.33. The summed E-state index contributed by atoms with van der Waals surface area (Å²) in [6.45, 7) is 0.240. The van der Waals surface area contributed by atoms with Crippen LogP contribution in [0.25, 0.3) is 11.7 Å². The molecule has 3 aromatic rings. The molecule has 6 nitrogen and oxygen atoms in total. The number of anilines is 1. The Hall–Kier alpha value is -3.04. The van der Waals surface area contributed by atoms with Crippen LogP contribution < -0.4 is 10.9 Å². The van der Waals surface area contributed by atoms with E-state index in [-0.39, 0.29) is 29.9 Å². The summed E-state index contributed by atoms with van der Waals surface area (Å²) in [5, 5.41) is 3.43. The quantitative estimate of drug-likeness (QED) is 0.426. The summed E-state index contributed by atoms with van der Waals surface area (Å²) in [5.41, 5.74) is 1.41. The van der Waals surface area contributed by atoms with Gasteiger partial charge < -0.3 is 5.32 Å². The van der Waals surface area contributed by atoms with Gasteiger partial charge in [0.05, 0.1) is 17.0 Å². The molecule has 1 amide bonds. The van der Waals surface area contributed by atoms with Crippen molar-refractivity contribution in [3.8, 4) is 0 Å². The van der Waals surface area contributed by atoms with Crippen LogP contribution in [0.3, 0.4) is 0 Å². The fourth-order valence-corrected chi connectivity index (χ4v) is 5.38. The molecule has 0 radical (unpaired) electrons. The maximum Gasteiger partial charge on any atom is 0.267 e. The summed E-state index contributed by atoms with van der Waals surface area (Å²) in [5.74, 6) is -0.129. The molecule has 1 aliphatic carbocycles. The fourth-order valence-electron chi connectivity index (χ4n) is 4.15. The van der Waals surface area contributed by atoms with Crippen molar-refractivity contribution in [1.29, 1.82) is 0 Å². The van der Waals surface area contributed by atoms with Gasteiger partial charge in [-0.3, -0.25) is 18.9 Å². The Morgan fingerprint density at radius 2 is 1.91 bits per heavy atom. The Kier molecular flexibility index (Phi) is 5.99. The first-order valence-corrected chi connectivity index (χ1v) is 12.0. The SMILES string of the molecule is O=C1C(=Cc2c(NC3CCCC3)nc3ccccn3c2=O)SC(=S)N1Cc1ccc(F)cc1. The van der Waals surface area contributed by atoms with Gasteiger partial charge in [-0.05, 0) is 48.7 Å². The Bertz CT molecular complexity index is 1330. The molecule has 2 aliphatic rings. The molecule has 0 bridgehead atoms. The number of pyridine rings is 1. The first-order chi connectivity index (χ1) is 16.0. The van der Waals surface area contributed by atoms with Gasteiger partial charge in [0.2, 0.25) is 0 Å². The first kappa shape index (κ1) is 21.8. The van der Waals surface area contributed by atoms with Crippen LogP contribution in [0.15, 0.2) is 58.4 Å². The highest BCUT2D eigenvalue weighted by molar-refractivity contribution is 8.26. The number of thiocarbonyl (C=S) groups is 1. The van der Waals surface area contributed by atoms with Crippen molar-refractivity contribution in [1.82, 2.24) is 14.3 Å². The van der Waals surface area contributed by atoms with Crippen molar-refractivity contribution in [2.75, 3.05) is 5.32 Å². The van der Waals surface area contributed by atoms with E-state index in [4.69, 9.17) is 12.2 Å². The molecule has 2 fully saturated rings. The normalized spacial score (nSPS) is 18.1. The smallest absolute Gasteiger partial charge is 0.267 e. The largest absolute Gasteiger partial charge is 0.367 e. The number of aromatic nitrogens is 2. The van der Waals surface area contributed by atoms with Crippen molar-refractivity contribution >= 4 is 51.7 Å². The Morgan fingerprint density at radius 3 is 2.67 bits per heavy atom. The topological polar surface area (TPSA) is 66.7 Å². The van der Waals surface area contributed by atoms with E-state index >= 15 is 0 Å². The van der Waals surface area contributed by atoms with Gasteiger partial charge in [0.1, 0.15) is 21.6 Å². The minimum atomic E-state index is -0.337. The molecule has 3 heterocycles. The molecule has 1 aliphatic heterocycles. The first-order valence-electron chi connectivity index (χ1n) is 10.8. The average molecular weight is 481 g/mol. The van der Waals surface area contributed by atoms with Gasteiger partial charge >= 0.3 is 0 Å². The molecule has 5 rings (SSSR count). The molecule has 168 valence electrons. The van der Waals surface area contributed by atoms with Crippen molar-refractivity contribution in [3.05, 3.63) is 80.9 Å². The fraction of sp³-hybridized carbons (Fsp3) is 0.250. The van der Waals surface area contributed by atoms with Crippen LogP contribution >= 0.6 is 24.0 Å². The zero-order valence-corrected chi connectivity index (χ0v) is 19.3. The van der Waals surface area contributed by atoms with E-state index in [0.29, 0.717) is 26.3 Å². The second-order valence-corrected chi connectivity index (χ2v) is 9.80. The maximum atomic E-state index is 13.3. The van der Waals surface area contributed by atoms with Crippen molar-refractivity contribution in [2.45, 2.75) is 38.3 Å². The minimum Gasteiger partial charge on any atom is -0.367 e. The van der Waals surface area contributed by atoms with Gasteiger partial charge in [-0.2, -0.15) is 0 Å². The van der Waals surface area contributed by atoms with Crippen molar-refractivity contribution in [2.24, 2.45) is 0 Å². The predicted molar refractivity (Wildman–Crippen MR) is 132 cm³/mol. The van der Waals surface area contributed by atoms with Crippen LogP contribution in [0, 0.1) is 5.82 Å². The van der Waals surface area contributed by atoms with Gasteiger partial charge in [0, 0.05) is 12.2 Å². The third-order valence-corrected chi connectivity index (χ3v) is 7.25. The standard InChI is InChI=1S/C24H21FN4O2S2/c25-16-10-8-15(9-11-16)14-29-23(31)19(33-24(29)32)13-18-21(26-17-5-1-2-6-17)27-20-7-3-4-12-28(20)22(18)30/h3-4,7-13,17,26H,1-2,5-6,14H2. The monoisotopic (exact) mass is 480 g/mol. The molecule has 0 spiro atoms. The van der Waals surface area contributed by atoms with E-state index in [1.807, 2.05) is 6.07 Å². The number of nitrogens with one attached hydrogen (secondary N) is 1. The number of carbonyl (C=O) groups is 1. The lowest BCUT2D eigenvalue weighted by molar-refractivity contribution is -0.122. The zero-order chi connectivity index (χ0) is 22.9. The Labute approximate surface area is 199 Å². The van der Waals surface area contributed by atoms with E-state index in [9.17, 15) is 14.0 Å². The number of thioether (sulfide) groups is 1. The van der Waals surface area contributed by atoms with Gasteiger partial charge in [-0.25, -0.2) is 9.37 Å². The lowest BCUT2D eigenvalue weighted by atomic mass is 10.2. The van der Waals surface area contributed by atoms with Crippen LogP contribution in [0.4, 0.5) is 10.2 Å². The van der Waals surface area contributed by atoms with E-state index in [2.05, 4.69) is 10.3 Å². The summed E-state index contributed by atoms with van der Waals surface area (Å²) in [4.78, 5) is 33.0. The summed E-state index contributed by atoms with van der Waals surface area (Å²) in [7, 11) is 0. The number of hydrogen-bond acceptors (Lipinski definition) is 6. The van der Waals surface area contributed by atoms with Gasteiger partial charge in [-0.15, -0.1) is 0 Å². The highest BCUT2D eigenvalue weighted by atomic mass is 32.2. The number of fused-ring (bicyclic) bond motifs is 1.